The molecule has 0 unspecified atom stereocenters. The third-order valence-electron chi connectivity index (χ3n) is 4.34. The van der Waals surface area contributed by atoms with Gasteiger partial charge >= 0.3 is 0 Å². The molecule has 2 aromatic heterocycles. The van der Waals surface area contributed by atoms with Gasteiger partial charge in [-0.3, -0.25) is 5.10 Å². The summed E-state index contributed by atoms with van der Waals surface area (Å²) >= 11 is 11.2. The topological polar surface area (TPSA) is 103 Å². The molecule has 2 aromatic carbocycles. The Morgan fingerprint density at radius 1 is 1.07 bits per heavy atom. The Morgan fingerprint density at radius 3 is 2.67 bits per heavy atom. The van der Waals surface area contributed by atoms with Crippen LogP contribution >= 0.6 is 23.8 Å². The number of H-pyrrole nitrogens is 1. The predicted octanol–water partition coefficient (Wildman–Crippen LogP) is 4.09. The molecule has 0 amide bonds. The molecule has 10 heteroatoms. The van der Waals surface area contributed by atoms with Crippen molar-refractivity contribution < 1.29 is 0 Å². The molecule has 8 nitrogen and oxygen atoms in total. The maximum atomic E-state index is 6.09. The summed E-state index contributed by atoms with van der Waals surface area (Å²) in [5.74, 6) is 1.32. The summed E-state index contributed by atoms with van der Waals surface area (Å²) in [6.07, 6.45) is 1.47. The van der Waals surface area contributed by atoms with Crippen LogP contribution in [-0.2, 0) is 6.54 Å². The largest absolute Gasteiger partial charge is 0.366 e. The quantitative estimate of drug-likeness (QED) is 0.287. The fraction of sp³-hybridized carbons (Fsp3) is 0.100. The Kier molecular flexibility index (Phi) is 5.92. The van der Waals surface area contributed by atoms with E-state index in [0.29, 0.717) is 34.0 Å². The zero-order chi connectivity index (χ0) is 20.9. The van der Waals surface area contributed by atoms with Gasteiger partial charge in [-0.15, -0.1) is 0 Å². The van der Waals surface area contributed by atoms with E-state index in [-0.39, 0.29) is 0 Å². The van der Waals surface area contributed by atoms with E-state index in [4.69, 9.17) is 23.8 Å². The summed E-state index contributed by atoms with van der Waals surface area (Å²) in [7, 11) is 1.79. The Morgan fingerprint density at radius 2 is 1.90 bits per heavy atom. The van der Waals surface area contributed by atoms with Crippen molar-refractivity contribution in [3.63, 3.8) is 0 Å². The van der Waals surface area contributed by atoms with Crippen LogP contribution in [0.25, 0.3) is 11.0 Å². The van der Waals surface area contributed by atoms with E-state index in [1.165, 1.54) is 6.33 Å². The van der Waals surface area contributed by atoms with Crippen molar-refractivity contribution in [2.45, 2.75) is 6.54 Å². The van der Waals surface area contributed by atoms with Crippen molar-refractivity contribution >= 4 is 63.0 Å². The van der Waals surface area contributed by atoms with Crippen LogP contribution in [0, 0.1) is 0 Å². The van der Waals surface area contributed by atoms with Crippen molar-refractivity contribution in [1.29, 1.82) is 0 Å². The number of hydrogen-bond donors (Lipinski definition) is 5. The number of anilines is 4. The highest BCUT2D eigenvalue weighted by Gasteiger charge is 2.13. The van der Waals surface area contributed by atoms with Crippen LogP contribution in [0.15, 0.2) is 54.9 Å². The molecule has 0 atom stereocenters. The monoisotopic (exact) mass is 438 g/mol. The standard InChI is InChI=1S/C20H19ClN8S/c1-22-20(30)23-10-12-5-7-14(8-6-12)26-19-16-17(24-11-25-18(16)28-29-19)27-15-4-2-3-13(21)9-15/h2-9,11H,10H2,1H3,(H2,22,23,30)(H3,24,25,26,27,28,29). The van der Waals surface area contributed by atoms with Gasteiger partial charge in [0.15, 0.2) is 10.8 Å². The van der Waals surface area contributed by atoms with E-state index in [1.807, 2.05) is 48.5 Å². The first-order valence-corrected chi connectivity index (χ1v) is 9.94. The molecule has 0 fully saturated rings. The minimum atomic E-state index is 0.554. The summed E-state index contributed by atoms with van der Waals surface area (Å²) in [6.45, 7) is 0.647. The van der Waals surface area contributed by atoms with Gasteiger partial charge in [-0.2, -0.15) is 5.10 Å². The fourth-order valence-electron chi connectivity index (χ4n) is 2.87. The number of aromatic nitrogens is 4. The van der Waals surface area contributed by atoms with Crippen LogP contribution < -0.4 is 21.3 Å². The molecule has 4 rings (SSSR count). The number of fused-ring (bicyclic) bond motifs is 1. The Bertz CT molecular complexity index is 1180. The highest BCUT2D eigenvalue weighted by Crippen LogP contribution is 2.30. The second-order valence-corrected chi connectivity index (χ2v) is 7.25. The van der Waals surface area contributed by atoms with Gasteiger partial charge in [0.2, 0.25) is 0 Å². The highest BCUT2D eigenvalue weighted by atomic mass is 35.5. The molecule has 0 bridgehead atoms. The van der Waals surface area contributed by atoms with Gasteiger partial charge in [0.25, 0.3) is 0 Å². The van der Waals surface area contributed by atoms with Gasteiger partial charge in [-0.05, 0) is 48.1 Å². The number of benzene rings is 2. The summed E-state index contributed by atoms with van der Waals surface area (Å²) in [5.41, 5.74) is 3.39. The molecule has 0 aliphatic rings. The van der Waals surface area contributed by atoms with Crippen molar-refractivity contribution in [2.24, 2.45) is 0 Å². The van der Waals surface area contributed by atoms with E-state index in [1.54, 1.807) is 7.05 Å². The SMILES string of the molecule is CNC(=S)NCc1ccc(Nc2[nH]nc3ncnc(Nc4cccc(Cl)c4)c23)cc1. The number of thiocarbonyl (C=S) groups is 1. The van der Waals surface area contributed by atoms with E-state index in [0.717, 1.165) is 22.3 Å². The number of nitrogens with one attached hydrogen (secondary N) is 5. The van der Waals surface area contributed by atoms with E-state index in [9.17, 15) is 0 Å². The van der Waals surface area contributed by atoms with Crippen molar-refractivity contribution in [2.75, 3.05) is 17.7 Å². The van der Waals surface area contributed by atoms with Gasteiger partial charge in [0.05, 0.1) is 0 Å². The number of hydrogen-bond acceptors (Lipinski definition) is 6. The van der Waals surface area contributed by atoms with Crippen LogP contribution in [0.1, 0.15) is 5.56 Å². The van der Waals surface area contributed by atoms with Crippen molar-refractivity contribution in [3.05, 3.63) is 65.4 Å². The molecule has 30 heavy (non-hydrogen) atoms. The van der Waals surface area contributed by atoms with Crippen molar-refractivity contribution in [3.8, 4) is 0 Å². The van der Waals surface area contributed by atoms with E-state index < -0.39 is 0 Å². The first kappa shape index (κ1) is 19.9. The molecule has 0 aliphatic heterocycles. The van der Waals surface area contributed by atoms with Gasteiger partial charge < -0.3 is 21.3 Å². The highest BCUT2D eigenvalue weighted by molar-refractivity contribution is 7.80. The average molecular weight is 439 g/mol. The lowest BCUT2D eigenvalue weighted by Gasteiger charge is -2.10. The fourth-order valence-corrected chi connectivity index (χ4v) is 3.13. The Balaban J connectivity index is 1.55. The van der Waals surface area contributed by atoms with Gasteiger partial charge in [0.1, 0.15) is 23.3 Å². The predicted molar refractivity (Wildman–Crippen MR) is 125 cm³/mol. The minimum absolute atomic E-state index is 0.554. The van der Waals surface area contributed by atoms with E-state index >= 15 is 0 Å². The molecule has 0 aliphatic carbocycles. The molecule has 0 radical (unpaired) electrons. The summed E-state index contributed by atoms with van der Waals surface area (Å²) in [5, 5.41) is 21.9. The smallest absolute Gasteiger partial charge is 0.188 e. The average Bonchev–Trinajstić information content (AvgIpc) is 3.17. The molecule has 0 spiro atoms. The van der Waals surface area contributed by atoms with Crippen molar-refractivity contribution in [1.82, 2.24) is 30.8 Å². The van der Waals surface area contributed by atoms with E-state index in [2.05, 4.69) is 41.4 Å². The van der Waals surface area contributed by atoms with Crippen LogP contribution in [0.3, 0.4) is 0 Å². The normalized spacial score (nSPS) is 10.6. The first-order valence-electron chi connectivity index (χ1n) is 9.15. The number of nitrogens with zero attached hydrogens (tertiary/aromatic N) is 3. The maximum absolute atomic E-state index is 6.09. The van der Waals surface area contributed by atoms with Crippen LogP contribution in [0.4, 0.5) is 23.0 Å². The molecule has 4 aromatic rings. The molecule has 5 N–H and O–H groups in total. The Labute approximate surface area is 183 Å². The lowest BCUT2D eigenvalue weighted by Crippen LogP contribution is -2.31. The zero-order valence-corrected chi connectivity index (χ0v) is 17.6. The Hall–Kier alpha value is -3.43. The van der Waals surface area contributed by atoms with Crippen LogP contribution in [0.2, 0.25) is 5.02 Å². The van der Waals surface area contributed by atoms with Gasteiger partial charge in [-0.25, -0.2) is 9.97 Å². The number of halogens is 1. The molecular formula is C20H19ClN8S. The summed E-state index contributed by atoms with van der Waals surface area (Å²) in [6, 6.07) is 15.5. The van der Waals surface area contributed by atoms with Crippen LogP contribution in [-0.4, -0.2) is 32.3 Å². The molecule has 0 saturated heterocycles. The molecule has 152 valence electrons. The summed E-state index contributed by atoms with van der Waals surface area (Å²) < 4.78 is 0. The molecule has 0 saturated carbocycles. The third-order valence-corrected chi connectivity index (χ3v) is 4.93. The minimum Gasteiger partial charge on any atom is -0.366 e. The lowest BCUT2D eigenvalue weighted by molar-refractivity contribution is 0.891. The van der Waals surface area contributed by atoms with Gasteiger partial charge in [-0.1, -0.05) is 29.8 Å². The molecule has 2 heterocycles. The number of rotatable bonds is 6. The maximum Gasteiger partial charge on any atom is 0.188 e. The number of aromatic amines is 1. The third kappa shape index (κ3) is 4.58. The second kappa shape index (κ2) is 8.93. The van der Waals surface area contributed by atoms with Gasteiger partial charge in [0, 0.05) is 30.0 Å². The lowest BCUT2D eigenvalue weighted by atomic mass is 10.2. The summed E-state index contributed by atoms with van der Waals surface area (Å²) in [4.78, 5) is 8.62. The molecular weight excluding hydrogens is 420 g/mol. The van der Waals surface area contributed by atoms with Crippen LogP contribution in [0.5, 0.6) is 0 Å². The first-order chi connectivity index (χ1) is 14.6. The second-order valence-electron chi connectivity index (χ2n) is 6.41. The zero-order valence-electron chi connectivity index (χ0n) is 16.0.